The number of anilines is 1. The number of halogens is 2. The first-order chi connectivity index (χ1) is 14.8. The average molecular weight is 545 g/mol. The van der Waals surface area contributed by atoms with Crippen LogP contribution in [0.3, 0.4) is 0 Å². The lowest BCUT2D eigenvalue weighted by Crippen LogP contribution is -2.50. The molecule has 0 amide bonds. The predicted octanol–water partition coefficient (Wildman–Crippen LogP) is 4.22. The summed E-state index contributed by atoms with van der Waals surface area (Å²) in [6.07, 6.45) is 1.59. The van der Waals surface area contributed by atoms with Crippen molar-refractivity contribution in [1.29, 1.82) is 0 Å². The summed E-state index contributed by atoms with van der Waals surface area (Å²) < 4.78 is 29.2. The summed E-state index contributed by atoms with van der Waals surface area (Å²) in [7, 11) is -3.55. The van der Waals surface area contributed by atoms with E-state index in [1.54, 1.807) is 29.8 Å². The Kier molecular flexibility index (Phi) is 6.85. The Labute approximate surface area is 199 Å². The number of rotatable bonds is 6. The maximum atomic E-state index is 13.0. The molecule has 0 saturated carbocycles. The summed E-state index contributed by atoms with van der Waals surface area (Å²) in [4.78, 5) is 11.3. The number of thiophene rings is 1. The molecule has 7 nitrogen and oxygen atoms in total. The molecular formula is C20H23BrClN5O2S2. The smallest absolute Gasteiger partial charge is 0.243 e. The molecule has 0 radical (unpaired) electrons. The molecule has 1 N–H and O–H groups in total. The van der Waals surface area contributed by atoms with E-state index < -0.39 is 10.0 Å². The Morgan fingerprint density at radius 3 is 2.71 bits per heavy atom. The van der Waals surface area contributed by atoms with Crippen molar-refractivity contribution in [1.82, 2.24) is 19.2 Å². The lowest BCUT2D eigenvalue weighted by Gasteiger charge is -2.35. The summed E-state index contributed by atoms with van der Waals surface area (Å²) in [5, 5.41) is 5.97. The van der Waals surface area contributed by atoms with Crippen molar-refractivity contribution in [3.8, 4) is 0 Å². The van der Waals surface area contributed by atoms with Crippen LogP contribution >= 0.6 is 38.9 Å². The Balaban J connectivity index is 1.36. The second-order valence-corrected chi connectivity index (χ2v) is 11.7. The van der Waals surface area contributed by atoms with Gasteiger partial charge in [-0.25, -0.2) is 18.4 Å². The number of fused-ring (bicyclic) bond motifs is 1. The van der Waals surface area contributed by atoms with Crippen LogP contribution < -0.4 is 5.32 Å². The fraction of sp³-hybridized carbons (Fsp3) is 0.400. The molecule has 0 bridgehead atoms. The molecule has 1 saturated heterocycles. The molecule has 3 heterocycles. The first-order valence-corrected chi connectivity index (χ1v) is 13.4. The minimum atomic E-state index is -3.55. The van der Waals surface area contributed by atoms with E-state index in [9.17, 15) is 8.42 Å². The highest BCUT2D eigenvalue weighted by molar-refractivity contribution is 9.10. The molecule has 0 aliphatic carbocycles. The van der Waals surface area contributed by atoms with E-state index in [1.807, 2.05) is 0 Å². The molecule has 0 spiro atoms. The molecule has 0 unspecified atom stereocenters. The second-order valence-electron chi connectivity index (χ2n) is 7.64. The third-order valence-electron chi connectivity index (χ3n) is 5.31. The van der Waals surface area contributed by atoms with Crippen molar-refractivity contribution in [3.63, 3.8) is 0 Å². The van der Waals surface area contributed by atoms with Gasteiger partial charge in [-0.1, -0.05) is 11.6 Å². The van der Waals surface area contributed by atoms with E-state index in [0.717, 1.165) is 28.1 Å². The number of sulfonamides is 1. The molecule has 2 aromatic heterocycles. The van der Waals surface area contributed by atoms with Crippen LogP contribution in [-0.4, -0.2) is 66.4 Å². The van der Waals surface area contributed by atoms with Crippen molar-refractivity contribution in [2.75, 3.05) is 38.0 Å². The minimum Gasteiger partial charge on any atom is -0.365 e. The highest BCUT2D eigenvalue weighted by Crippen LogP contribution is 2.29. The summed E-state index contributed by atoms with van der Waals surface area (Å²) in [5.41, 5.74) is 2.14. The van der Waals surface area contributed by atoms with Crippen LogP contribution in [0.1, 0.15) is 12.5 Å². The fourth-order valence-corrected chi connectivity index (χ4v) is 6.57. The number of hydrogen-bond acceptors (Lipinski definition) is 7. The lowest BCUT2D eigenvalue weighted by molar-refractivity contribution is 0.184. The molecule has 1 fully saturated rings. The quantitative estimate of drug-likeness (QED) is 0.501. The van der Waals surface area contributed by atoms with Crippen molar-refractivity contribution in [2.24, 2.45) is 0 Å². The summed E-state index contributed by atoms with van der Waals surface area (Å²) in [6, 6.07) is 4.90. The van der Waals surface area contributed by atoms with Crippen LogP contribution in [0.4, 0.5) is 5.82 Å². The third-order valence-corrected chi connectivity index (χ3v) is 9.53. The van der Waals surface area contributed by atoms with Crippen LogP contribution in [0.5, 0.6) is 0 Å². The average Bonchev–Trinajstić information content (AvgIpc) is 3.12. The molecule has 4 rings (SSSR count). The second kappa shape index (κ2) is 9.29. The first kappa shape index (κ1) is 22.9. The van der Waals surface area contributed by atoms with Gasteiger partial charge in [-0.3, -0.25) is 4.90 Å². The fourth-order valence-electron chi connectivity index (χ4n) is 3.68. The number of nitrogens with zero attached hydrogens (tertiary/aromatic N) is 4. The topological polar surface area (TPSA) is 78.4 Å². The van der Waals surface area contributed by atoms with E-state index >= 15 is 0 Å². The molecule has 166 valence electrons. The van der Waals surface area contributed by atoms with Gasteiger partial charge < -0.3 is 5.32 Å². The molecular weight excluding hydrogens is 522 g/mol. The van der Waals surface area contributed by atoms with Gasteiger partial charge in [0.1, 0.15) is 12.1 Å². The van der Waals surface area contributed by atoms with Crippen molar-refractivity contribution >= 4 is 64.9 Å². The minimum absolute atomic E-state index is 0.161. The van der Waals surface area contributed by atoms with E-state index in [2.05, 4.69) is 55.3 Å². The van der Waals surface area contributed by atoms with Crippen LogP contribution in [0.15, 0.2) is 39.3 Å². The van der Waals surface area contributed by atoms with Gasteiger partial charge in [-0.15, -0.1) is 11.3 Å². The predicted molar refractivity (Wildman–Crippen MR) is 130 cm³/mol. The third kappa shape index (κ3) is 4.89. The number of nitrogens with one attached hydrogen (secondary N) is 1. The monoisotopic (exact) mass is 543 g/mol. The maximum absolute atomic E-state index is 13.0. The zero-order valence-electron chi connectivity index (χ0n) is 17.2. The number of aromatic nitrogens is 2. The van der Waals surface area contributed by atoms with Crippen LogP contribution in [0.25, 0.3) is 10.2 Å². The van der Waals surface area contributed by atoms with Gasteiger partial charge in [0, 0.05) is 43.2 Å². The van der Waals surface area contributed by atoms with E-state index in [4.69, 9.17) is 11.6 Å². The Hall–Kier alpha value is -1.30. The van der Waals surface area contributed by atoms with Gasteiger partial charge in [-0.05, 0) is 58.9 Å². The zero-order valence-corrected chi connectivity index (χ0v) is 21.2. The Morgan fingerprint density at radius 2 is 2.00 bits per heavy atom. The van der Waals surface area contributed by atoms with Crippen molar-refractivity contribution < 1.29 is 8.42 Å². The van der Waals surface area contributed by atoms with Crippen molar-refractivity contribution in [2.45, 2.75) is 24.8 Å². The van der Waals surface area contributed by atoms with Gasteiger partial charge >= 0.3 is 0 Å². The van der Waals surface area contributed by atoms with E-state index in [1.165, 1.54) is 10.4 Å². The van der Waals surface area contributed by atoms with Gasteiger partial charge in [0.2, 0.25) is 10.0 Å². The highest BCUT2D eigenvalue weighted by Gasteiger charge is 2.29. The normalized spacial score (nSPS) is 17.2. The Morgan fingerprint density at radius 1 is 1.26 bits per heavy atom. The van der Waals surface area contributed by atoms with Crippen LogP contribution in [0.2, 0.25) is 5.02 Å². The molecule has 1 aliphatic heterocycles. The van der Waals surface area contributed by atoms with Crippen LogP contribution in [0, 0.1) is 6.92 Å². The SMILES string of the molecule is Cc1csc2c(N[C@@H](C)CN3CCN(S(=O)(=O)c4ccc(Br)c(Cl)c4)CC3)ncnc12. The van der Waals surface area contributed by atoms with E-state index in [-0.39, 0.29) is 10.9 Å². The zero-order chi connectivity index (χ0) is 22.2. The van der Waals surface area contributed by atoms with Gasteiger partial charge in [-0.2, -0.15) is 4.31 Å². The number of benzene rings is 1. The van der Waals surface area contributed by atoms with Gasteiger partial charge in [0.25, 0.3) is 0 Å². The molecule has 1 aliphatic rings. The summed E-state index contributed by atoms with van der Waals surface area (Å²) in [5.74, 6) is 0.851. The molecule has 31 heavy (non-hydrogen) atoms. The molecule has 11 heteroatoms. The number of aryl methyl sites for hydroxylation is 1. The largest absolute Gasteiger partial charge is 0.365 e. The van der Waals surface area contributed by atoms with Crippen LogP contribution in [-0.2, 0) is 10.0 Å². The lowest BCUT2D eigenvalue weighted by atomic mass is 10.2. The highest BCUT2D eigenvalue weighted by atomic mass is 79.9. The van der Waals surface area contributed by atoms with Gasteiger partial charge in [0.15, 0.2) is 0 Å². The summed E-state index contributed by atoms with van der Waals surface area (Å²) in [6.45, 7) is 7.21. The van der Waals surface area contributed by atoms with Gasteiger partial charge in [0.05, 0.1) is 20.1 Å². The number of hydrogen-bond donors (Lipinski definition) is 1. The summed E-state index contributed by atoms with van der Waals surface area (Å²) >= 11 is 11.0. The maximum Gasteiger partial charge on any atom is 0.243 e. The number of piperazine rings is 1. The first-order valence-electron chi connectivity index (χ1n) is 9.88. The van der Waals surface area contributed by atoms with Crippen molar-refractivity contribution in [3.05, 3.63) is 45.0 Å². The molecule has 1 atom stereocenters. The molecule has 1 aromatic carbocycles. The Bertz CT molecular complexity index is 1200. The standard InChI is InChI=1S/C20H23BrClN5O2S2/c1-13-11-30-19-18(13)23-12-24-20(19)25-14(2)10-26-5-7-27(8-6-26)31(28,29)15-3-4-16(21)17(22)9-15/h3-4,9,11-12,14H,5-8,10H2,1-2H3,(H,23,24,25)/t14-/m0/s1. The molecule has 3 aromatic rings. The van der Waals surface area contributed by atoms with E-state index in [0.29, 0.717) is 35.7 Å².